The van der Waals surface area contributed by atoms with E-state index in [9.17, 15) is 4.79 Å². The fraction of sp³-hybridized carbons (Fsp3) is 0.636. The van der Waals surface area contributed by atoms with E-state index in [4.69, 9.17) is 4.37 Å². The van der Waals surface area contributed by atoms with Gasteiger partial charge in [0.25, 0.3) is 0 Å². The first kappa shape index (κ1) is 18.4. The van der Waals surface area contributed by atoms with Crippen molar-refractivity contribution in [1.29, 1.82) is 0 Å². The van der Waals surface area contributed by atoms with Crippen LogP contribution in [0.5, 0.6) is 0 Å². The molecule has 3 aliphatic rings. The Kier molecular flexibility index (Phi) is 5.24. The second kappa shape index (κ2) is 7.99. The topological polar surface area (TPSA) is 48.5 Å². The molecule has 1 amide bonds. The maximum atomic E-state index is 12.4. The van der Waals surface area contributed by atoms with Gasteiger partial charge >= 0.3 is 0 Å². The lowest BCUT2D eigenvalue weighted by Gasteiger charge is -2.35. The van der Waals surface area contributed by atoms with Gasteiger partial charge in [0, 0.05) is 43.5 Å². The minimum absolute atomic E-state index is 0.271. The monoisotopic (exact) mass is 398 g/mol. The number of anilines is 1. The minimum atomic E-state index is 0.271. The molecule has 2 aromatic rings. The molecule has 3 heterocycles. The van der Waals surface area contributed by atoms with Crippen LogP contribution in [0.3, 0.4) is 0 Å². The van der Waals surface area contributed by atoms with E-state index < -0.39 is 0 Å². The molecule has 1 N–H and O–H groups in total. The van der Waals surface area contributed by atoms with Crippen LogP contribution in [0.1, 0.15) is 38.5 Å². The Morgan fingerprint density at radius 1 is 1.11 bits per heavy atom. The van der Waals surface area contributed by atoms with Gasteiger partial charge in [-0.1, -0.05) is 25.0 Å². The van der Waals surface area contributed by atoms with Crippen LogP contribution in [-0.2, 0) is 4.79 Å². The predicted octanol–water partition coefficient (Wildman–Crippen LogP) is 3.50. The molecule has 1 aromatic heterocycles. The molecule has 5 nitrogen and oxygen atoms in total. The summed E-state index contributed by atoms with van der Waals surface area (Å²) in [6, 6.07) is 9.01. The molecule has 28 heavy (non-hydrogen) atoms. The van der Waals surface area contributed by atoms with E-state index in [0.29, 0.717) is 17.9 Å². The number of carbonyl (C=O) groups excluding carboxylic acids is 1. The molecule has 3 fully saturated rings. The van der Waals surface area contributed by atoms with Crippen LogP contribution >= 0.6 is 11.5 Å². The summed E-state index contributed by atoms with van der Waals surface area (Å²) in [5.41, 5.74) is 0. The minimum Gasteiger partial charge on any atom is -0.353 e. The van der Waals surface area contributed by atoms with Gasteiger partial charge in [-0.3, -0.25) is 9.69 Å². The number of piperazine rings is 1. The van der Waals surface area contributed by atoms with Crippen LogP contribution in [0.15, 0.2) is 24.3 Å². The van der Waals surface area contributed by atoms with Crippen LogP contribution in [0.4, 0.5) is 5.82 Å². The Bertz CT molecular complexity index is 829. The zero-order valence-electron chi connectivity index (χ0n) is 16.5. The highest BCUT2D eigenvalue weighted by atomic mass is 32.1. The first-order chi connectivity index (χ1) is 13.8. The number of nitrogens with one attached hydrogen (secondary N) is 1. The molecule has 0 spiro atoms. The normalized spacial score (nSPS) is 28.5. The van der Waals surface area contributed by atoms with E-state index in [2.05, 4.69) is 39.4 Å². The summed E-state index contributed by atoms with van der Waals surface area (Å²) >= 11 is 1.60. The SMILES string of the molecule is O=C1N[C@H]2CCCC[C@@H]2C1CCCN1CCN(c2nsc3ccccc23)CC1. The Morgan fingerprint density at radius 3 is 2.82 bits per heavy atom. The lowest BCUT2D eigenvalue weighted by Crippen LogP contribution is -2.46. The summed E-state index contributed by atoms with van der Waals surface area (Å²) in [6.45, 7) is 5.39. The molecular weight excluding hydrogens is 368 g/mol. The van der Waals surface area contributed by atoms with Crippen molar-refractivity contribution in [3.63, 3.8) is 0 Å². The van der Waals surface area contributed by atoms with Gasteiger partial charge in [0.05, 0.1) is 4.70 Å². The predicted molar refractivity (Wildman–Crippen MR) is 115 cm³/mol. The van der Waals surface area contributed by atoms with E-state index in [1.807, 2.05) is 0 Å². The highest BCUT2D eigenvalue weighted by molar-refractivity contribution is 7.13. The van der Waals surface area contributed by atoms with Crippen LogP contribution in [0, 0.1) is 11.8 Å². The van der Waals surface area contributed by atoms with E-state index in [0.717, 1.165) is 51.4 Å². The van der Waals surface area contributed by atoms with Crippen molar-refractivity contribution in [3.05, 3.63) is 24.3 Å². The lowest BCUT2D eigenvalue weighted by molar-refractivity contribution is -0.123. The number of amides is 1. The first-order valence-electron chi connectivity index (χ1n) is 10.9. The molecule has 1 saturated carbocycles. The van der Waals surface area contributed by atoms with E-state index in [1.54, 1.807) is 11.5 Å². The second-order valence-corrected chi connectivity index (χ2v) is 9.45. The van der Waals surface area contributed by atoms with E-state index >= 15 is 0 Å². The largest absolute Gasteiger partial charge is 0.353 e. The maximum Gasteiger partial charge on any atom is 0.223 e. The molecule has 150 valence electrons. The molecule has 1 aliphatic carbocycles. The number of nitrogens with zero attached hydrogens (tertiary/aromatic N) is 3. The maximum absolute atomic E-state index is 12.4. The molecule has 1 unspecified atom stereocenters. The van der Waals surface area contributed by atoms with Crippen LogP contribution in [-0.4, -0.2) is 53.9 Å². The molecule has 3 atom stereocenters. The number of carbonyl (C=O) groups is 1. The first-order valence-corrected chi connectivity index (χ1v) is 11.7. The standard InChI is InChI=1S/C22H30N4OS/c27-22-17(16-6-1-3-9-19(16)23-22)8-5-11-25-12-14-26(15-13-25)21-18-7-2-4-10-20(18)28-24-21/h2,4,7,10,16-17,19H,1,3,5-6,8-9,11-15H2,(H,23,27)/t16-,17?,19+/m1/s1. The van der Waals surface area contributed by atoms with Crippen molar-refractivity contribution < 1.29 is 4.79 Å². The summed E-state index contributed by atoms with van der Waals surface area (Å²) in [5, 5.41) is 4.55. The quantitative estimate of drug-likeness (QED) is 0.837. The van der Waals surface area contributed by atoms with Crippen molar-refractivity contribution in [1.82, 2.24) is 14.6 Å². The van der Waals surface area contributed by atoms with Gasteiger partial charge in [0.1, 0.15) is 5.82 Å². The molecular formula is C22H30N4OS. The summed E-state index contributed by atoms with van der Waals surface area (Å²) in [7, 11) is 0. The Morgan fingerprint density at radius 2 is 1.93 bits per heavy atom. The number of benzene rings is 1. The molecule has 0 radical (unpaired) electrons. The summed E-state index contributed by atoms with van der Waals surface area (Å²) < 4.78 is 5.98. The number of rotatable bonds is 5. The molecule has 0 bridgehead atoms. The van der Waals surface area contributed by atoms with E-state index in [-0.39, 0.29) is 5.92 Å². The van der Waals surface area contributed by atoms with Gasteiger partial charge in [-0.15, -0.1) is 0 Å². The van der Waals surface area contributed by atoms with Crippen molar-refractivity contribution in [2.45, 2.75) is 44.6 Å². The lowest BCUT2D eigenvalue weighted by atomic mass is 9.78. The fourth-order valence-corrected chi connectivity index (χ4v) is 6.26. The smallest absolute Gasteiger partial charge is 0.223 e. The highest BCUT2D eigenvalue weighted by Gasteiger charge is 2.42. The highest BCUT2D eigenvalue weighted by Crippen LogP contribution is 2.37. The number of aromatic nitrogens is 1. The zero-order chi connectivity index (χ0) is 18.9. The third-order valence-electron chi connectivity index (χ3n) is 7.02. The Balaban J connectivity index is 1.11. The number of hydrogen-bond donors (Lipinski definition) is 1. The van der Waals surface area contributed by atoms with Crippen molar-refractivity contribution in [2.75, 3.05) is 37.6 Å². The molecule has 1 aromatic carbocycles. The van der Waals surface area contributed by atoms with E-state index in [1.165, 1.54) is 35.8 Å². The van der Waals surface area contributed by atoms with Gasteiger partial charge in [-0.05, 0) is 61.8 Å². The summed E-state index contributed by atoms with van der Waals surface area (Å²) in [6.07, 6.45) is 7.23. The third-order valence-corrected chi connectivity index (χ3v) is 7.84. The molecule has 2 aliphatic heterocycles. The van der Waals surface area contributed by atoms with Crippen molar-refractivity contribution in [2.24, 2.45) is 11.8 Å². The fourth-order valence-electron chi connectivity index (χ4n) is 5.47. The van der Waals surface area contributed by atoms with Crippen LogP contribution in [0.2, 0.25) is 0 Å². The molecule has 5 rings (SSSR count). The summed E-state index contributed by atoms with van der Waals surface area (Å²) in [4.78, 5) is 17.4. The second-order valence-electron chi connectivity index (χ2n) is 8.64. The Hall–Kier alpha value is -1.66. The zero-order valence-corrected chi connectivity index (χ0v) is 17.3. The summed E-state index contributed by atoms with van der Waals surface area (Å²) in [5.74, 6) is 2.37. The number of fused-ring (bicyclic) bond motifs is 2. The van der Waals surface area contributed by atoms with Gasteiger partial charge < -0.3 is 10.2 Å². The van der Waals surface area contributed by atoms with Crippen LogP contribution in [0.25, 0.3) is 10.1 Å². The molecule has 6 heteroatoms. The number of hydrogen-bond acceptors (Lipinski definition) is 5. The van der Waals surface area contributed by atoms with Gasteiger partial charge in [-0.25, -0.2) is 0 Å². The van der Waals surface area contributed by atoms with Gasteiger partial charge in [0.2, 0.25) is 5.91 Å². The molecule has 2 saturated heterocycles. The average molecular weight is 399 g/mol. The Labute approximate surface area is 171 Å². The average Bonchev–Trinajstić information content (AvgIpc) is 3.30. The van der Waals surface area contributed by atoms with Crippen molar-refractivity contribution in [3.8, 4) is 0 Å². The van der Waals surface area contributed by atoms with Gasteiger partial charge in [0.15, 0.2) is 0 Å². The van der Waals surface area contributed by atoms with Crippen LogP contribution < -0.4 is 10.2 Å². The van der Waals surface area contributed by atoms with Gasteiger partial charge in [-0.2, -0.15) is 4.37 Å². The third kappa shape index (κ3) is 3.52. The van der Waals surface area contributed by atoms with Crippen molar-refractivity contribution >= 4 is 33.3 Å².